The molecule has 1 aromatic rings. The van der Waals surface area contributed by atoms with Gasteiger partial charge in [0.1, 0.15) is 0 Å². The SMILES string of the molecule is CC(=O)N1CCc2c1cccc2C1(N=C=O)CCC1. The average Bonchev–Trinajstić information content (AvgIpc) is 2.77. The van der Waals surface area contributed by atoms with Crippen LogP contribution in [0.3, 0.4) is 0 Å². The van der Waals surface area contributed by atoms with E-state index in [4.69, 9.17) is 0 Å². The molecule has 0 aromatic heterocycles. The zero-order chi connectivity index (χ0) is 13.5. The Morgan fingerprint density at radius 2 is 2.21 bits per heavy atom. The van der Waals surface area contributed by atoms with Crippen LogP contribution in [-0.2, 0) is 21.5 Å². The minimum atomic E-state index is -0.375. The number of benzene rings is 1. The minimum Gasteiger partial charge on any atom is -0.312 e. The number of isocyanates is 1. The Bertz CT molecular complexity index is 584. The maximum atomic E-state index is 11.6. The van der Waals surface area contributed by atoms with Crippen LogP contribution in [0.5, 0.6) is 0 Å². The third kappa shape index (κ3) is 1.71. The fourth-order valence-electron chi connectivity index (χ4n) is 3.24. The van der Waals surface area contributed by atoms with Gasteiger partial charge in [0.15, 0.2) is 0 Å². The zero-order valence-electron chi connectivity index (χ0n) is 11.0. The lowest BCUT2D eigenvalue weighted by atomic mass is 9.70. The predicted molar refractivity (Wildman–Crippen MR) is 71.8 cm³/mol. The Labute approximate surface area is 112 Å². The zero-order valence-corrected chi connectivity index (χ0v) is 11.0. The molecule has 1 saturated carbocycles. The molecule has 0 bridgehead atoms. The molecule has 0 radical (unpaired) electrons. The van der Waals surface area contributed by atoms with Crippen LogP contribution in [-0.4, -0.2) is 18.5 Å². The summed E-state index contributed by atoms with van der Waals surface area (Å²) in [4.78, 5) is 28.2. The molecule has 0 unspecified atom stereocenters. The first kappa shape index (κ1) is 12.1. The van der Waals surface area contributed by atoms with Gasteiger partial charge in [0.25, 0.3) is 0 Å². The van der Waals surface area contributed by atoms with Crippen LogP contribution in [0.25, 0.3) is 0 Å². The topological polar surface area (TPSA) is 49.7 Å². The molecule has 19 heavy (non-hydrogen) atoms. The summed E-state index contributed by atoms with van der Waals surface area (Å²) in [5.74, 6) is 0.0671. The van der Waals surface area contributed by atoms with Gasteiger partial charge in [-0.1, -0.05) is 12.1 Å². The Morgan fingerprint density at radius 1 is 1.42 bits per heavy atom. The van der Waals surface area contributed by atoms with Crippen molar-refractivity contribution in [2.45, 2.75) is 38.1 Å². The van der Waals surface area contributed by atoms with Gasteiger partial charge in [-0.2, -0.15) is 4.99 Å². The second-order valence-electron chi connectivity index (χ2n) is 5.31. The van der Waals surface area contributed by atoms with Crippen LogP contribution in [0.2, 0.25) is 0 Å². The van der Waals surface area contributed by atoms with Crippen molar-refractivity contribution in [3.8, 4) is 0 Å². The quantitative estimate of drug-likeness (QED) is 0.602. The molecule has 1 aliphatic heterocycles. The van der Waals surface area contributed by atoms with Crippen molar-refractivity contribution in [3.05, 3.63) is 29.3 Å². The summed E-state index contributed by atoms with van der Waals surface area (Å²) in [5.41, 5.74) is 2.90. The summed E-state index contributed by atoms with van der Waals surface area (Å²) in [7, 11) is 0. The van der Waals surface area contributed by atoms with E-state index in [1.54, 1.807) is 17.9 Å². The largest absolute Gasteiger partial charge is 0.312 e. The molecule has 1 fully saturated rings. The number of anilines is 1. The summed E-state index contributed by atoms with van der Waals surface area (Å²) in [6.45, 7) is 2.31. The van der Waals surface area contributed by atoms with Gasteiger partial charge in [0.05, 0.1) is 5.54 Å². The highest BCUT2D eigenvalue weighted by atomic mass is 16.2. The van der Waals surface area contributed by atoms with Crippen LogP contribution in [0.1, 0.15) is 37.3 Å². The molecular formula is C15H16N2O2. The van der Waals surface area contributed by atoms with E-state index in [1.165, 1.54) is 5.56 Å². The first-order valence-corrected chi connectivity index (χ1v) is 6.67. The fourth-order valence-corrected chi connectivity index (χ4v) is 3.24. The molecule has 1 amide bonds. The lowest BCUT2D eigenvalue weighted by Gasteiger charge is -2.38. The molecule has 0 spiro atoms. The standard InChI is InChI=1S/C15H16N2O2/c1-11(19)17-9-6-12-13(4-2-5-14(12)17)15(16-10-18)7-3-8-15/h2,4-5H,3,6-9H2,1H3. The van der Waals surface area contributed by atoms with Gasteiger partial charge in [-0.15, -0.1) is 0 Å². The van der Waals surface area contributed by atoms with Crippen LogP contribution in [0.4, 0.5) is 5.69 Å². The van der Waals surface area contributed by atoms with Gasteiger partial charge in [-0.05, 0) is 42.9 Å². The second-order valence-corrected chi connectivity index (χ2v) is 5.31. The number of amides is 1. The van der Waals surface area contributed by atoms with Crippen molar-refractivity contribution in [2.75, 3.05) is 11.4 Å². The normalized spacial score (nSPS) is 19.3. The highest BCUT2D eigenvalue weighted by Crippen LogP contribution is 2.48. The number of fused-ring (bicyclic) bond motifs is 1. The number of carbonyl (C=O) groups excluding carboxylic acids is 2. The van der Waals surface area contributed by atoms with E-state index in [-0.39, 0.29) is 11.4 Å². The van der Waals surface area contributed by atoms with E-state index in [0.29, 0.717) is 0 Å². The lowest BCUT2D eigenvalue weighted by Crippen LogP contribution is -2.33. The van der Waals surface area contributed by atoms with Gasteiger partial charge in [0.2, 0.25) is 12.0 Å². The summed E-state index contributed by atoms with van der Waals surface area (Å²) in [5, 5.41) is 0. The van der Waals surface area contributed by atoms with Crippen LogP contribution >= 0.6 is 0 Å². The minimum absolute atomic E-state index is 0.0671. The molecule has 0 atom stereocenters. The number of hydrogen-bond donors (Lipinski definition) is 0. The molecule has 4 heteroatoms. The fraction of sp³-hybridized carbons (Fsp3) is 0.467. The molecule has 1 aromatic carbocycles. The third-order valence-corrected chi connectivity index (χ3v) is 4.35. The van der Waals surface area contributed by atoms with E-state index in [9.17, 15) is 9.59 Å². The molecule has 1 heterocycles. The molecule has 1 aliphatic carbocycles. The first-order valence-electron chi connectivity index (χ1n) is 6.67. The molecule has 3 rings (SSSR count). The van der Waals surface area contributed by atoms with Crippen molar-refractivity contribution in [2.24, 2.45) is 4.99 Å². The Morgan fingerprint density at radius 3 is 2.79 bits per heavy atom. The Kier molecular flexibility index (Phi) is 2.76. The molecule has 2 aliphatic rings. The smallest absolute Gasteiger partial charge is 0.235 e. The first-order chi connectivity index (χ1) is 9.18. The predicted octanol–water partition coefficient (Wildman–Crippen LogP) is 2.31. The summed E-state index contributed by atoms with van der Waals surface area (Å²) < 4.78 is 0. The van der Waals surface area contributed by atoms with Gasteiger partial charge < -0.3 is 4.90 Å². The Balaban J connectivity index is 2.10. The second kappa shape index (κ2) is 4.32. The van der Waals surface area contributed by atoms with E-state index < -0.39 is 0 Å². The summed E-state index contributed by atoms with van der Waals surface area (Å²) >= 11 is 0. The highest BCUT2D eigenvalue weighted by molar-refractivity contribution is 5.94. The van der Waals surface area contributed by atoms with Gasteiger partial charge in [-0.25, -0.2) is 4.79 Å². The van der Waals surface area contributed by atoms with Gasteiger partial charge in [-0.3, -0.25) is 4.79 Å². The van der Waals surface area contributed by atoms with E-state index in [2.05, 4.69) is 4.99 Å². The van der Waals surface area contributed by atoms with Crippen molar-refractivity contribution in [1.82, 2.24) is 0 Å². The monoisotopic (exact) mass is 256 g/mol. The number of aliphatic imine (C=N–C) groups is 1. The van der Waals surface area contributed by atoms with Crippen molar-refractivity contribution in [3.63, 3.8) is 0 Å². The lowest BCUT2D eigenvalue weighted by molar-refractivity contribution is -0.116. The highest BCUT2D eigenvalue weighted by Gasteiger charge is 2.42. The van der Waals surface area contributed by atoms with Crippen LogP contribution in [0, 0.1) is 0 Å². The number of nitrogens with zero attached hydrogens (tertiary/aromatic N) is 2. The maximum absolute atomic E-state index is 11.6. The summed E-state index contributed by atoms with van der Waals surface area (Å²) in [6.07, 6.45) is 5.47. The van der Waals surface area contributed by atoms with E-state index >= 15 is 0 Å². The molecule has 4 nitrogen and oxygen atoms in total. The molecular weight excluding hydrogens is 240 g/mol. The molecule has 0 saturated heterocycles. The number of carbonyl (C=O) groups is 1. The third-order valence-electron chi connectivity index (χ3n) is 4.35. The van der Waals surface area contributed by atoms with Gasteiger partial charge >= 0.3 is 0 Å². The number of rotatable bonds is 2. The van der Waals surface area contributed by atoms with E-state index in [1.807, 2.05) is 18.2 Å². The van der Waals surface area contributed by atoms with Crippen molar-refractivity contribution in [1.29, 1.82) is 0 Å². The molecule has 0 N–H and O–H groups in total. The van der Waals surface area contributed by atoms with E-state index in [0.717, 1.165) is 43.5 Å². The van der Waals surface area contributed by atoms with Crippen LogP contribution in [0.15, 0.2) is 23.2 Å². The average molecular weight is 256 g/mol. The van der Waals surface area contributed by atoms with Crippen molar-refractivity contribution < 1.29 is 9.59 Å². The van der Waals surface area contributed by atoms with Gasteiger partial charge in [0, 0.05) is 19.2 Å². The molecule has 98 valence electrons. The maximum Gasteiger partial charge on any atom is 0.235 e. The number of hydrogen-bond acceptors (Lipinski definition) is 3. The summed E-state index contributed by atoms with van der Waals surface area (Å²) in [6, 6.07) is 5.97. The Hall–Kier alpha value is -1.93. The van der Waals surface area contributed by atoms with Crippen molar-refractivity contribution >= 4 is 17.7 Å². The van der Waals surface area contributed by atoms with Crippen LogP contribution < -0.4 is 4.90 Å².